The number of hydrogen-bond acceptors (Lipinski definition) is 6. The molecule has 210 valence electrons. The summed E-state index contributed by atoms with van der Waals surface area (Å²) in [5, 5.41) is 9.43. The molecule has 3 amide bonds. The van der Waals surface area contributed by atoms with E-state index in [1.165, 1.54) is 6.21 Å². The summed E-state index contributed by atoms with van der Waals surface area (Å²) in [4.78, 5) is 37.2. The van der Waals surface area contributed by atoms with E-state index in [9.17, 15) is 14.4 Å². The van der Waals surface area contributed by atoms with Crippen LogP contribution in [0.2, 0.25) is 0 Å². The summed E-state index contributed by atoms with van der Waals surface area (Å²) in [5.74, 6) is -1.31. The van der Waals surface area contributed by atoms with Crippen molar-refractivity contribution >= 4 is 51.2 Å². The third kappa shape index (κ3) is 7.92. The number of nitrogens with one attached hydrogen (secondary N) is 3. The van der Waals surface area contributed by atoms with E-state index < -0.39 is 11.8 Å². The van der Waals surface area contributed by atoms with Crippen molar-refractivity contribution in [1.29, 1.82) is 0 Å². The molecule has 0 aromatic heterocycles. The van der Waals surface area contributed by atoms with Gasteiger partial charge in [0.1, 0.15) is 0 Å². The second-order valence-electron chi connectivity index (χ2n) is 9.29. The van der Waals surface area contributed by atoms with E-state index in [0.29, 0.717) is 33.8 Å². The number of benzene rings is 3. The standard InChI is InChI=1S/C30H33BrN4O5/c1-7-39-24-14-22(15-32-35-30(38)29(37)34-26-18(3)9-8-10-19(26)4)13-23(31)28(24)40-16-25(36)33-27-20(5)11-17(2)12-21(27)6/h8-15H,7,16H2,1-6H3,(H,33,36)(H,34,37)(H,35,38)/b32-15-. The van der Waals surface area contributed by atoms with Crippen molar-refractivity contribution in [3.8, 4) is 11.5 Å². The zero-order chi connectivity index (χ0) is 29.4. The fourth-order valence-corrected chi connectivity index (χ4v) is 4.73. The van der Waals surface area contributed by atoms with Gasteiger partial charge in [0.15, 0.2) is 18.1 Å². The van der Waals surface area contributed by atoms with Gasteiger partial charge in [0.2, 0.25) is 0 Å². The number of amides is 3. The van der Waals surface area contributed by atoms with E-state index in [0.717, 1.165) is 33.5 Å². The van der Waals surface area contributed by atoms with Crippen LogP contribution in [0.3, 0.4) is 0 Å². The quantitative estimate of drug-likeness (QED) is 0.168. The Balaban J connectivity index is 1.65. The monoisotopic (exact) mass is 608 g/mol. The number of ether oxygens (including phenoxy) is 2. The van der Waals surface area contributed by atoms with Gasteiger partial charge in [-0.05, 0) is 97.4 Å². The number of aryl methyl sites for hydroxylation is 5. The lowest BCUT2D eigenvalue weighted by molar-refractivity contribution is -0.136. The maximum Gasteiger partial charge on any atom is 0.329 e. The molecule has 3 N–H and O–H groups in total. The van der Waals surface area contributed by atoms with Gasteiger partial charge < -0.3 is 20.1 Å². The molecular weight excluding hydrogens is 576 g/mol. The number of hydrogen-bond donors (Lipinski definition) is 3. The van der Waals surface area contributed by atoms with E-state index in [1.54, 1.807) is 12.1 Å². The van der Waals surface area contributed by atoms with Gasteiger partial charge in [-0.25, -0.2) is 5.43 Å². The predicted molar refractivity (Wildman–Crippen MR) is 160 cm³/mol. The lowest BCUT2D eigenvalue weighted by Gasteiger charge is -2.16. The van der Waals surface area contributed by atoms with E-state index in [2.05, 4.69) is 37.1 Å². The Hall–Kier alpha value is -4.18. The number of carbonyl (C=O) groups is 3. The fraction of sp³-hybridized carbons (Fsp3) is 0.267. The zero-order valence-electron chi connectivity index (χ0n) is 23.4. The summed E-state index contributed by atoms with van der Waals surface area (Å²) in [6, 6.07) is 12.9. The first-order valence-electron chi connectivity index (χ1n) is 12.7. The lowest BCUT2D eigenvalue weighted by atomic mass is 10.1. The maximum absolute atomic E-state index is 12.6. The minimum atomic E-state index is -0.909. The van der Waals surface area contributed by atoms with Gasteiger partial charge in [0, 0.05) is 11.4 Å². The van der Waals surface area contributed by atoms with Crippen LogP contribution < -0.4 is 25.5 Å². The van der Waals surface area contributed by atoms with Crippen molar-refractivity contribution in [3.63, 3.8) is 0 Å². The molecule has 3 aromatic rings. The zero-order valence-corrected chi connectivity index (χ0v) is 25.0. The number of carbonyl (C=O) groups excluding carboxylic acids is 3. The predicted octanol–water partition coefficient (Wildman–Crippen LogP) is 5.50. The van der Waals surface area contributed by atoms with Crippen LogP contribution >= 0.6 is 15.9 Å². The average Bonchev–Trinajstić information content (AvgIpc) is 2.88. The molecular formula is C30H33BrN4O5. The number of nitrogens with zero attached hydrogens (tertiary/aromatic N) is 1. The summed E-state index contributed by atoms with van der Waals surface area (Å²) in [6.07, 6.45) is 1.37. The largest absolute Gasteiger partial charge is 0.490 e. The molecule has 3 aromatic carbocycles. The van der Waals surface area contributed by atoms with Gasteiger partial charge in [-0.3, -0.25) is 14.4 Å². The van der Waals surface area contributed by atoms with Crippen molar-refractivity contribution in [3.05, 3.63) is 80.3 Å². The fourth-order valence-electron chi connectivity index (χ4n) is 4.15. The SMILES string of the molecule is CCOc1cc(/C=N\NC(=O)C(=O)Nc2c(C)cccc2C)cc(Br)c1OCC(=O)Nc1c(C)cc(C)cc1C. The molecule has 10 heteroatoms. The minimum Gasteiger partial charge on any atom is -0.490 e. The second-order valence-corrected chi connectivity index (χ2v) is 10.1. The molecule has 0 aliphatic heterocycles. The molecule has 9 nitrogen and oxygen atoms in total. The van der Waals surface area contributed by atoms with Crippen LogP contribution in [0, 0.1) is 34.6 Å². The van der Waals surface area contributed by atoms with Gasteiger partial charge in [-0.1, -0.05) is 35.9 Å². The summed E-state index contributed by atoms with van der Waals surface area (Å²) >= 11 is 3.46. The minimum absolute atomic E-state index is 0.232. The van der Waals surface area contributed by atoms with Gasteiger partial charge in [0.05, 0.1) is 17.3 Å². The van der Waals surface area contributed by atoms with Crippen LogP contribution in [-0.2, 0) is 14.4 Å². The number of hydrazone groups is 1. The van der Waals surface area contributed by atoms with Gasteiger partial charge in [-0.15, -0.1) is 0 Å². The van der Waals surface area contributed by atoms with Crippen LogP contribution in [0.25, 0.3) is 0 Å². The molecule has 0 atom stereocenters. The van der Waals surface area contributed by atoms with Crippen molar-refractivity contribution in [2.45, 2.75) is 41.5 Å². The van der Waals surface area contributed by atoms with Crippen molar-refractivity contribution in [2.24, 2.45) is 5.10 Å². The molecule has 0 saturated carbocycles. The Morgan fingerprint density at radius 3 is 2.10 bits per heavy atom. The summed E-state index contributed by atoms with van der Waals surface area (Å²) in [7, 11) is 0. The maximum atomic E-state index is 12.6. The summed E-state index contributed by atoms with van der Waals surface area (Å²) in [5.41, 5.74) is 8.90. The molecule has 0 radical (unpaired) electrons. The van der Waals surface area contributed by atoms with Crippen molar-refractivity contribution in [1.82, 2.24) is 5.43 Å². The van der Waals surface area contributed by atoms with Gasteiger partial charge in [0.25, 0.3) is 5.91 Å². The summed E-state index contributed by atoms with van der Waals surface area (Å²) in [6.45, 7) is 11.5. The Bertz CT molecular complexity index is 1430. The molecule has 0 heterocycles. The molecule has 0 bridgehead atoms. The van der Waals surface area contributed by atoms with E-state index in [4.69, 9.17) is 9.47 Å². The highest BCUT2D eigenvalue weighted by Crippen LogP contribution is 2.36. The first kappa shape index (κ1) is 30.4. The topological polar surface area (TPSA) is 118 Å². The Morgan fingerprint density at radius 1 is 0.850 bits per heavy atom. The Labute approximate surface area is 242 Å². The van der Waals surface area contributed by atoms with Crippen molar-refractivity contribution < 1.29 is 23.9 Å². The lowest BCUT2D eigenvalue weighted by Crippen LogP contribution is -2.32. The number of anilines is 2. The molecule has 40 heavy (non-hydrogen) atoms. The third-order valence-electron chi connectivity index (χ3n) is 5.93. The van der Waals surface area contributed by atoms with Crippen LogP contribution in [0.15, 0.2) is 52.0 Å². The number of rotatable bonds is 9. The van der Waals surface area contributed by atoms with Crippen LogP contribution in [0.1, 0.15) is 40.3 Å². The highest BCUT2D eigenvalue weighted by molar-refractivity contribution is 9.10. The summed E-state index contributed by atoms with van der Waals surface area (Å²) < 4.78 is 12.0. The Morgan fingerprint density at radius 2 is 1.48 bits per heavy atom. The average molecular weight is 610 g/mol. The molecule has 0 unspecified atom stereocenters. The van der Waals surface area contributed by atoms with Gasteiger partial charge in [-0.2, -0.15) is 5.10 Å². The molecule has 0 aliphatic rings. The Kier molecular flexibility index (Phi) is 10.4. The highest BCUT2D eigenvalue weighted by Gasteiger charge is 2.17. The highest BCUT2D eigenvalue weighted by atomic mass is 79.9. The molecule has 0 aliphatic carbocycles. The van der Waals surface area contributed by atoms with Crippen molar-refractivity contribution in [2.75, 3.05) is 23.8 Å². The smallest absolute Gasteiger partial charge is 0.329 e. The molecule has 0 spiro atoms. The third-order valence-corrected chi connectivity index (χ3v) is 6.52. The van der Waals surface area contributed by atoms with E-state index in [-0.39, 0.29) is 12.5 Å². The van der Waals surface area contributed by atoms with Crippen LogP contribution in [0.5, 0.6) is 11.5 Å². The van der Waals surface area contributed by atoms with Crippen LogP contribution in [0.4, 0.5) is 11.4 Å². The number of para-hydroxylation sites is 1. The number of halogens is 1. The van der Waals surface area contributed by atoms with Crippen LogP contribution in [-0.4, -0.2) is 37.1 Å². The van der Waals surface area contributed by atoms with E-state index >= 15 is 0 Å². The molecule has 0 fully saturated rings. The normalized spacial score (nSPS) is 10.8. The van der Waals surface area contributed by atoms with Gasteiger partial charge >= 0.3 is 11.8 Å². The first-order chi connectivity index (χ1) is 19.0. The molecule has 3 rings (SSSR count). The second kappa shape index (κ2) is 13.7. The van der Waals surface area contributed by atoms with E-state index in [1.807, 2.05) is 71.9 Å². The first-order valence-corrected chi connectivity index (χ1v) is 13.5. The molecule has 0 saturated heterocycles.